The van der Waals surface area contributed by atoms with Crippen molar-refractivity contribution in [3.05, 3.63) is 23.8 Å². The molecule has 2 heterocycles. The van der Waals surface area contributed by atoms with Crippen LogP contribution in [0.3, 0.4) is 0 Å². The number of likely N-dealkylation sites (N-methyl/N-ethyl adjacent to an activating group) is 1. The van der Waals surface area contributed by atoms with Crippen LogP contribution in [0.1, 0.15) is 50.5 Å². The second-order valence-electron chi connectivity index (χ2n) is 7.60. The van der Waals surface area contributed by atoms with Crippen LogP contribution in [0, 0.1) is 11.3 Å². The molecule has 1 atom stereocenters. The molecular formula is C23H35N3O3. The van der Waals surface area contributed by atoms with Crippen LogP contribution in [-0.2, 0) is 11.2 Å². The van der Waals surface area contributed by atoms with Gasteiger partial charge >= 0.3 is 0 Å². The molecule has 0 spiro atoms. The molecule has 160 valence electrons. The van der Waals surface area contributed by atoms with Gasteiger partial charge in [0.05, 0.1) is 6.07 Å². The van der Waals surface area contributed by atoms with Gasteiger partial charge in [0.15, 0.2) is 11.5 Å². The Labute approximate surface area is 175 Å². The van der Waals surface area contributed by atoms with E-state index in [1.807, 2.05) is 6.07 Å². The summed E-state index contributed by atoms with van der Waals surface area (Å²) >= 11 is 0. The quantitative estimate of drug-likeness (QED) is 0.479. The van der Waals surface area contributed by atoms with Gasteiger partial charge in [-0.05, 0) is 69.9 Å². The van der Waals surface area contributed by atoms with Gasteiger partial charge in [-0.15, -0.1) is 0 Å². The number of unbranched alkanes of at least 4 members (excludes halogenated alkanes) is 4. The van der Waals surface area contributed by atoms with E-state index in [2.05, 4.69) is 35.5 Å². The molecule has 0 amide bonds. The molecule has 1 saturated heterocycles. The first-order chi connectivity index (χ1) is 14.3. The maximum Gasteiger partial charge on any atom is 0.161 e. The number of aldehydes is 1. The Morgan fingerprint density at radius 3 is 2.62 bits per heavy atom. The van der Waals surface area contributed by atoms with E-state index >= 15 is 0 Å². The number of nitrogens with one attached hydrogen (secondary N) is 1. The van der Waals surface area contributed by atoms with Crippen molar-refractivity contribution >= 4 is 6.29 Å². The van der Waals surface area contributed by atoms with Crippen LogP contribution >= 0.6 is 0 Å². The van der Waals surface area contributed by atoms with Crippen LogP contribution in [0.15, 0.2) is 18.2 Å². The molecule has 1 N–H and O–H groups in total. The van der Waals surface area contributed by atoms with Gasteiger partial charge < -0.3 is 24.5 Å². The molecule has 1 aromatic rings. The summed E-state index contributed by atoms with van der Waals surface area (Å²) in [7, 11) is 2.05. The first-order valence-corrected chi connectivity index (χ1v) is 10.9. The number of nitriles is 1. The number of rotatable bonds is 10. The average Bonchev–Trinajstić information content (AvgIpc) is 3.27. The Balaban J connectivity index is 0.000000284. The van der Waals surface area contributed by atoms with E-state index in [1.165, 1.54) is 31.5 Å². The van der Waals surface area contributed by atoms with Gasteiger partial charge in [-0.3, -0.25) is 0 Å². The summed E-state index contributed by atoms with van der Waals surface area (Å²) < 4.78 is 11.2. The second-order valence-corrected chi connectivity index (χ2v) is 7.60. The van der Waals surface area contributed by atoms with E-state index in [0.29, 0.717) is 32.1 Å². The predicted molar refractivity (Wildman–Crippen MR) is 114 cm³/mol. The monoisotopic (exact) mass is 401 g/mol. The summed E-state index contributed by atoms with van der Waals surface area (Å²) in [5.74, 6) is 1.77. The van der Waals surface area contributed by atoms with Crippen molar-refractivity contribution in [2.45, 2.75) is 57.4 Å². The first-order valence-electron chi connectivity index (χ1n) is 10.9. The fourth-order valence-corrected chi connectivity index (χ4v) is 3.64. The van der Waals surface area contributed by atoms with Crippen molar-refractivity contribution in [2.75, 3.05) is 39.9 Å². The van der Waals surface area contributed by atoms with E-state index < -0.39 is 0 Å². The molecule has 6 nitrogen and oxygen atoms in total. The van der Waals surface area contributed by atoms with E-state index in [0.717, 1.165) is 50.0 Å². The van der Waals surface area contributed by atoms with Crippen LogP contribution in [0.2, 0.25) is 0 Å². The molecule has 0 radical (unpaired) electrons. The number of carbonyl (C=O) groups excluding carboxylic acids is 1. The number of ether oxygens (including phenoxy) is 2. The lowest BCUT2D eigenvalue weighted by atomic mass is 10.0. The van der Waals surface area contributed by atoms with Gasteiger partial charge in [-0.1, -0.05) is 12.5 Å². The highest BCUT2D eigenvalue weighted by molar-refractivity contribution is 5.48. The van der Waals surface area contributed by atoms with Crippen LogP contribution in [0.4, 0.5) is 0 Å². The highest BCUT2D eigenvalue weighted by Crippen LogP contribution is 2.31. The normalized spacial score (nSPS) is 16.4. The number of likely N-dealkylation sites (tertiary alicyclic amines) is 1. The Morgan fingerprint density at radius 2 is 1.93 bits per heavy atom. The number of hydrogen-bond acceptors (Lipinski definition) is 6. The highest BCUT2D eigenvalue weighted by atomic mass is 16.6. The molecule has 0 aromatic heterocycles. The summed E-state index contributed by atoms with van der Waals surface area (Å²) in [5, 5.41) is 11.5. The van der Waals surface area contributed by atoms with E-state index in [-0.39, 0.29) is 0 Å². The lowest BCUT2D eigenvalue weighted by Crippen LogP contribution is -2.39. The minimum Gasteiger partial charge on any atom is -0.486 e. The molecule has 1 fully saturated rings. The van der Waals surface area contributed by atoms with E-state index in [4.69, 9.17) is 14.7 Å². The Hall–Kier alpha value is -2.10. The number of benzene rings is 1. The number of nitrogens with zero attached hydrogens (tertiary/aromatic N) is 2. The van der Waals surface area contributed by atoms with Crippen LogP contribution in [0.5, 0.6) is 11.5 Å². The van der Waals surface area contributed by atoms with Crippen LogP contribution in [0.25, 0.3) is 0 Å². The third-order valence-corrected chi connectivity index (χ3v) is 5.28. The van der Waals surface area contributed by atoms with Gasteiger partial charge in [0, 0.05) is 25.4 Å². The van der Waals surface area contributed by atoms with Gasteiger partial charge in [0.2, 0.25) is 0 Å². The average molecular weight is 402 g/mol. The largest absolute Gasteiger partial charge is 0.486 e. The van der Waals surface area contributed by atoms with Crippen molar-refractivity contribution in [1.29, 1.82) is 5.26 Å². The van der Waals surface area contributed by atoms with Crippen molar-refractivity contribution in [3.8, 4) is 17.6 Å². The summed E-state index contributed by atoms with van der Waals surface area (Å²) in [6, 6.07) is 8.87. The predicted octanol–water partition coefficient (Wildman–Crippen LogP) is 3.34. The van der Waals surface area contributed by atoms with Gasteiger partial charge in [-0.2, -0.15) is 5.26 Å². The molecule has 2 aliphatic heterocycles. The molecule has 1 aromatic carbocycles. The Morgan fingerprint density at radius 1 is 1.17 bits per heavy atom. The van der Waals surface area contributed by atoms with Gasteiger partial charge in [0.25, 0.3) is 0 Å². The lowest BCUT2D eigenvalue weighted by molar-refractivity contribution is -0.107. The highest BCUT2D eigenvalue weighted by Gasteiger charge is 2.18. The molecular weight excluding hydrogens is 366 g/mol. The third-order valence-electron chi connectivity index (χ3n) is 5.28. The van der Waals surface area contributed by atoms with E-state index in [1.54, 1.807) is 0 Å². The van der Waals surface area contributed by atoms with Gasteiger partial charge in [-0.25, -0.2) is 0 Å². The number of hydrogen-bond donors (Lipinski definition) is 1. The Bertz CT molecular complexity index is 639. The molecule has 6 heteroatoms. The molecule has 29 heavy (non-hydrogen) atoms. The standard InChI is InChI=1S/C16H24N2O2.C7H11NO/c1-17-14(12-18-6-2-3-7-18)10-13-4-5-15-16(11-13)20-9-8-19-15;8-6-4-2-1-3-5-7-9/h4-5,11,14,17H,2-3,6-10,12H2,1H3;7H,1-5H2. The SMILES string of the molecule is CNC(Cc1ccc2c(c1)OCCO2)CN1CCCC1.N#CCCCCCC=O. The molecule has 0 bridgehead atoms. The van der Waals surface area contributed by atoms with Crippen molar-refractivity contribution in [2.24, 2.45) is 0 Å². The maximum absolute atomic E-state index is 9.77. The fraction of sp³-hybridized carbons (Fsp3) is 0.652. The zero-order valence-electron chi connectivity index (χ0n) is 17.7. The third kappa shape index (κ3) is 8.84. The summed E-state index contributed by atoms with van der Waals surface area (Å²) in [5.41, 5.74) is 1.31. The van der Waals surface area contributed by atoms with Crippen molar-refractivity contribution < 1.29 is 14.3 Å². The molecule has 3 rings (SSSR count). The van der Waals surface area contributed by atoms with Gasteiger partial charge in [0.1, 0.15) is 19.5 Å². The topological polar surface area (TPSA) is 74.6 Å². The van der Waals surface area contributed by atoms with E-state index in [9.17, 15) is 4.79 Å². The smallest absolute Gasteiger partial charge is 0.161 e. The minimum absolute atomic E-state index is 0.496. The molecule has 0 saturated carbocycles. The van der Waals surface area contributed by atoms with Crippen LogP contribution in [-0.4, -0.2) is 57.1 Å². The van der Waals surface area contributed by atoms with Crippen molar-refractivity contribution in [3.63, 3.8) is 0 Å². The zero-order chi connectivity index (χ0) is 20.7. The zero-order valence-corrected chi connectivity index (χ0v) is 17.7. The number of carbonyl (C=O) groups is 1. The molecule has 2 aliphatic rings. The molecule has 0 aliphatic carbocycles. The summed E-state index contributed by atoms with van der Waals surface area (Å²) in [6.45, 7) is 4.93. The van der Waals surface area contributed by atoms with Crippen LogP contribution < -0.4 is 14.8 Å². The lowest BCUT2D eigenvalue weighted by Gasteiger charge is -2.24. The number of fused-ring (bicyclic) bond motifs is 1. The summed E-state index contributed by atoms with van der Waals surface area (Å²) in [6.07, 6.45) is 8.79. The fourth-order valence-electron chi connectivity index (χ4n) is 3.64. The van der Waals surface area contributed by atoms with Crippen molar-refractivity contribution in [1.82, 2.24) is 10.2 Å². The first kappa shape index (κ1) is 23.2. The second kappa shape index (κ2) is 14.0. The maximum atomic E-state index is 9.77. The summed E-state index contributed by atoms with van der Waals surface area (Å²) in [4.78, 5) is 12.3. The molecule has 1 unspecified atom stereocenters. The Kier molecular flexibility index (Phi) is 11.2. The minimum atomic E-state index is 0.496.